The van der Waals surface area contributed by atoms with Crippen molar-refractivity contribution in [1.82, 2.24) is 9.97 Å². The van der Waals surface area contributed by atoms with Gasteiger partial charge in [0.05, 0.1) is 0 Å². The van der Waals surface area contributed by atoms with Gasteiger partial charge in [-0.2, -0.15) is 0 Å². The maximum atomic E-state index is 5.83. The van der Waals surface area contributed by atoms with Crippen LogP contribution in [0, 0.1) is 6.92 Å². The van der Waals surface area contributed by atoms with Gasteiger partial charge < -0.3 is 15.1 Å². The van der Waals surface area contributed by atoms with Crippen LogP contribution in [-0.4, -0.2) is 9.97 Å². The van der Waals surface area contributed by atoms with Crippen molar-refractivity contribution in [1.29, 1.82) is 0 Å². The average molecular weight is 198 g/mol. The summed E-state index contributed by atoms with van der Waals surface area (Å²) in [7, 11) is 0. The van der Waals surface area contributed by atoms with E-state index in [9.17, 15) is 0 Å². The highest BCUT2D eigenvalue weighted by atomic mass is 35.5. The molecule has 0 aliphatic carbocycles. The number of aromatic amines is 1. The summed E-state index contributed by atoms with van der Waals surface area (Å²) < 4.78 is 5.34. The molecule has 0 radical (unpaired) electrons. The van der Waals surface area contributed by atoms with E-state index < -0.39 is 0 Å². The summed E-state index contributed by atoms with van der Waals surface area (Å²) in [6, 6.07) is 3.65. The molecule has 0 spiro atoms. The smallest absolute Gasteiger partial charge is 0.199 e. The number of nitrogen functional groups attached to an aromatic ring is 1. The van der Waals surface area contributed by atoms with Crippen LogP contribution in [0.1, 0.15) is 5.76 Å². The summed E-state index contributed by atoms with van der Waals surface area (Å²) >= 11 is 5.83. The molecule has 2 heterocycles. The van der Waals surface area contributed by atoms with E-state index in [1.807, 2.05) is 13.0 Å². The third-order valence-corrected chi connectivity index (χ3v) is 1.93. The number of furan rings is 1. The van der Waals surface area contributed by atoms with Crippen LogP contribution in [0.4, 0.5) is 5.95 Å². The Kier molecular flexibility index (Phi) is 1.77. The Labute approximate surface area is 79.7 Å². The van der Waals surface area contributed by atoms with Gasteiger partial charge in [0.15, 0.2) is 11.7 Å². The molecule has 3 N–H and O–H groups in total. The van der Waals surface area contributed by atoms with E-state index >= 15 is 0 Å². The molecule has 0 aliphatic heterocycles. The monoisotopic (exact) mass is 197 g/mol. The quantitative estimate of drug-likeness (QED) is 0.737. The lowest BCUT2D eigenvalue weighted by molar-refractivity contribution is 0.547. The summed E-state index contributed by atoms with van der Waals surface area (Å²) in [6.07, 6.45) is 0. The molecule has 0 unspecified atom stereocenters. The number of hydrogen-bond acceptors (Lipinski definition) is 3. The van der Waals surface area contributed by atoms with Crippen molar-refractivity contribution in [3.05, 3.63) is 23.0 Å². The van der Waals surface area contributed by atoms with Crippen molar-refractivity contribution in [2.24, 2.45) is 0 Å². The standard InChI is InChI=1S/C8H8ClN3O/c1-4-2-3-5(13-4)6-7(9)12-8(10)11-6/h2-3H,1H3,(H3,10,11,12). The minimum Gasteiger partial charge on any atom is -0.460 e. The Morgan fingerprint density at radius 3 is 2.77 bits per heavy atom. The first-order valence-electron chi connectivity index (χ1n) is 3.74. The summed E-state index contributed by atoms with van der Waals surface area (Å²) in [5.74, 6) is 1.72. The van der Waals surface area contributed by atoms with Crippen LogP contribution in [0.25, 0.3) is 11.5 Å². The molecular formula is C8H8ClN3O. The summed E-state index contributed by atoms with van der Waals surface area (Å²) in [6.45, 7) is 1.85. The van der Waals surface area contributed by atoms with Gasteiger partial charge >= 0.3 is 0 Å². The van der Waals surface area contributed by atoms with Crippen LogP contribution >= 0.6 is 11.6 Å². The van der Waals surface area contributed by atoms with Crippen LogP contribution in [0.5, 0.6) is 0 Å². The first kappa shape index (κ1) is 8.19. The van der Waals surface area contributed by atoms with Gasteiger partial charge in [-0.25, -0.2) is 4.98 Å². The number of aryl methyl sites for hydroxylation is 1. The molecule has 0 saturated carbocycles. The topological polar surface area (TPSA) is 67.8 Å². The number of hydrogen-bond donors (Lipinski definition) is 2. The van der Waals surface area contributed by atoms with Crippen LogP contribution < -0.4 is 5.73 Å². The fourth-order valence-corrected chi connectivity index (χ4v) is 1.33. The zero-order valence-electron chi connectivity index (χ0n) is 6.97. The Hall–Kier alpha value is -1.42. The molecule has 0 bridgehead atoms. The molecule has 0 atom stereocenters. The number of rotatable bonds is 1. The maximum absolute atomic E-state index is 5.83. The third kappa shape index (κ3) is 1.40. The van der Waals surface area contributed by atoms with Crippen molar-refractivity contribution in [3.63, 3.8) is 0 Å². The number of halogens is 1. The highest BCUT2D eigenvalue weighted by Gasteiger charge is 2.11. The second-order valence-electron chi connectivity index (χ2n) is 2.69. The van der Waals surface area contributed by atoms with Crippen molar-refractivity contribution >= 4 is 17.5 Å². The molecule has 5 heteroatoms. The zero-order valence-corrected chi connectivity index (χ0v) is 7.72. The maximum Gasteiger partial charge on any atom is 0.199 e. The number of nitrogens with two attached hydrogens (primary N) is 1. The van der Waals surface area contributed by atoms with Crippen molar-refractivity contribution in [3.8, 4) is 11.5 Å². The predicted octanol–water partition coefficient (Wildman–Crippen LogP) is 2.21. The molecule has 2 rings (SSSR count). The molecule has 4 nitrogen and oxygen atoms in total. The highest BCUT2D eigenvalue weighted by Crippen LogP contribution is 2.27. The van der Waals surface area contributed by atoms with Gasteiger partial charge in [0.1, 0.15) is 16.6 Å². The number of nitrogens with zero attached hydrogens (tertiary/aromatic N) is 1. The highest BCUT2D eigenvalue weighted by molar-refractivity contribution is 6.31. The van der Waals surface area contributed by atoms with Gasteiger partial charge in [0.2, 0.25) is 0 Å². The molecule has 0 aliphatic rings. The predicted molar refractivity (Wildman–Crippen MR) is 50.4 cm³/mol. The number of H-pyrrole nitrogens is 1. The zero-order chi connectivity index (χ0) is 9.42. The van der Waals surface area contributed by atoms with Crippen LogP contribution in [0.15, 0.2) is 16.5 Å². The van der Waals surface area contributed by atoms with Crippen LogP contribution in [0.2, 0.25) is 5.15 Å². The minimum absolute atomic E-state index is 0.286. The summed E-state index contributed by atoms with van der Waals surface area (Å²) in [4.78, 5) is 6.68. The number of nitrogens with one attached hydrogen (secondary N) is 1. The van der Waals surface area contributed by atoms with Crippen molar-refractivity contribution in [2.45, 2.75) is 6.92 Å². The molecular weight excluding hydrogens is 190 g/mol. The average Bonchev–Trinajstić information content (AvgIpc) is 2.58. The second kappa shape index (κ2) is 2.81. The Bertz CT molecular complexity index is 432. The van der Waals surface area contributed by atoms with Crippen molar-refractivity contribution < 1.29 is 4.42 Å². The molecule has 0 fully saturated rings. The Balaban J connectivity index is 2.51. The van der Waals surface area contributed by atoms with Gasteiger partial charge in [-0.1, -0.05) is 11.6 Å². The Morgan fingerprint density at radius 1 is 1.54 bits per heavy atom. The van der Waals surface area contributed by atoms with Gasteiger partial charge in [0, 0.05) is 0 Å². The van der Waals surface area contributed by atoms with E-state index in [0.29, 0.717) is 16.6 Å². The fraction of sp³-hybridized carbons (Fsp3) is 0.125. The normalized spacial score (nSPS) is 10.6. The summed E-state index contributed by atoms with van der Waals surface area (Å²) in [5.41, 5.74) is 5.98. The number of aromatic nitrogens is 2. The number of anilines is 1. The SMILES string of the molecule is Cc1ccc(-c2nc(N)[nH]c2Cl)o1. The first-order chi connectivity index (χ1) is 6.16. The second-order valence-corrected chi connectivity index (χ2v) is 3.07. The van der Waals surface area contributed by atoms with Gasteiger partial charge in [-0.15, -0.1) is 0 Å². The largest absolute Gasteiger partial charge is 0.460 e. The van der Waals surface area contributed by atoms with Gasteiger partial charge in [-0.05, 0) is 19.1 Å². The van der Waals surface area contributed by atoms with E-state index in [-0.39, 0.29) is 5.95 Å². The minimum atomic E-state index is 0.286. The lowest BCUT2D eigenvalue weighted by Gasteiger charge is -1.89. The molecule has 68 valence electrons. The fourth-order valence-electron chi connectivity index (χ4n) is 1.09. The summed E-state index contributed by atoms with van der Waals surface area (Å²) in [5, 5.41) is 0.395. The lowest BCUT2D eigenvalue weighted by atomic mass is 10.3. The lowest BCUT2D eigenvalue weighted by Crippen LogP contribution is -1.84. The number of imidazole rings is 1. The van der Waals surface area contributed by atoms with E-state index in [1.54, 1.807) is 6.07 Å². The van der Waals surface area contributed by atoms with E-state index in [4.69, 9.17) is 21.8 Å². The van der Waals surface area contributed by atoms with E-state index in [0.717, 1.165) is 5.76 Å². The van der Waals surface area contributed by atoms with Gasteiger partial charge in [0.25, 0.3) is 0 Å². The Morgan fingerprint density at radius 2 is 2.31 bits per heavy atom. The van der Waals surface area contributed by atoms with Crippen molar-refractivity contribution in [2.75, 3.05) is 5.73 Å². The molecule has 0 amide bonds. The van der Waals surface area contributed by atoms with Gasteiger partial charge in [-0.3, -0.25) is 0 Å². The third-order valence-electron chi connectivity index (χ3n) is 1.65. The molecule has 0 saturated heterocycles. The molecule has 2 aromatic heterocycles. The molecule has 2 aromatic rings. The molecule has 13 heavy (non-hydrogen) atoms. The molecule has 0 aromatic carbocycles. The van der Waals surface area contributed by atoms with Crippen LogP contribution in [0.3, 0.4) is 0 Å². The van der Waals surface area contributed by atoms with E-state index in [2.05, 4.69) is 9.97 Å². The first-order valence-corrected chi connectivity index (χ1v) is 4.12. The van der Waals surface area contributed by atoms with Crippen LogP contribution in [-0.2, 0) is 0 Å². The van der Waals surface area contributed by atoms with E-state index in [1.165, 1.54) is 0 Å².